The van der Waals surface area contributed by atoms with Crippen LogP contribution in [0.5, 0.6) is 0 Å². The molecule has 1 aliphatic rings. The van der Waals surface area contributed by atoms with E-state index < -0.39 is 24.9 Å². The van der Waals surface area contributed by atoms with Gasteiger partial charge in [-0.25, -0.2) is 9.97 Å². The predicted octanol–water partition coefficient (Wildman–Crippen LogP) is 3.16. The highest BCUT2D eigenvalue weighted by molar-refractivity contribution is 6.10. The van der Waals surface area contributed by atoms with E-state index in [1.807, 2.05) is 4.90 Å². The fourth-order valence-corrected chi connectivity index (χ4v) is 3.28. The van der Waals surface area contributed by atoms with Crippen molar-refractivity contribution in [3.05, 3.63) is 47.8 Å². The third-order valence-corrected chi connectivity index (χ3v) is 4.85. The Bertz CT molecular complexity index is 930. The number of ketones is 1. The second-order valence-corrected chi connectivity index (χ2v) is 6.98. The molecule has 30 heavy (non-hydrogen) atoms. The number of hydrogen-bond acceptors (Lipinski definition) is 6. The molecule has 2 aromatic heterocycles. The number of pyridine rings is 2. The Labute approximate surface area is 174 Å². The van der Waals surface area contributed by atoms with Gasteiger partial charge in [0, 0.05) is 41.6 Å². The van der Waals surface area contributed by atoms with Crippen molar-refractivity contribution in [1.82, 2.24) is 14.9 Å². The first-order chi connectivity index (χ1) is 14.2. The molecule has 7 nitrogen and oxygen atoms in total. The Morgan fingerprint density at radius 2 is 1.90 bits per heavy atom. The molecule has 10 heteroatoms. The third kappa shape index (κ3) is 5.46. The number of nitrogens with two attached hydrogens (primary N) is 1. The quantitative estimate of drug-likeness (QED) is 0.740. The van der Waals surface area contributed by atoms with Crippen LogP contribution >= 0.6 is 0 Å². The van der Waals surface area contributed by atoms with Crippen LogP contribution in [0.25, 0.3) is 0 Å². The molecule has 0 saturated carbocycles. The number of amides is 1. The Morgan fingerprint density at radius 3 is 2.63 bits per heavy atom. The number of halogens is 3. The van der Waals surface area contributed by atoms with E-state index in [4.69, 9.17) is 5.73 Å². The molecular weight excluding hydrogens is 399 g/mol. The molecule has 0 bridgehead atoms. The zero-order chi connectivity index (χ0) is 21.7. The molecule has 164 valence electrons. The van der Waals surface area contributed by atoms with Crippen molar-refractivity contribution in [3.63, 3.8) is 0 Å². The maximum atomic E-state index is 12.7. The minimum atomic E-state index is -4.35. The van der Waals surface area contributed by atoms with Crippen molar-refractivity contribution in [2.24, 2.45) is 0 Å². The number of alkyl halides is 3. The number of anilines is 2. The fraction of sp³-hybridized carbons (Fsp3) is 0.400. The van der Waals surface area contributed by atoms with Gasteiger partial charge in [-0.05, 0) is 30.7 Å². The van der Waals surface area contributed by atoms with Crippen LogP contribution in [0.2, 0.25) is 0 Å². The van der Waals surface area contributed by atoms with Crippen LogP contribution in [0.4, 0.5) is 24.8 Å². The number of nitrogens with zero attached hydrogens (tertiary/aromatic N) is 4. The lowest BCUT2D eigenvalue weighted by atomic mass is 10.1. The highest BCUT2D eigenvalue weighted by Crippen LogP contribution is 2.23. The van der Waals surface area contributed by atoms with Crippen LogP contribution in [0.3, 0.4) is 0 Å². The van der Waals surface area contributed by atoms with E-state index in [-0.39, 0.29) is 25.7 Å². The molecule has 3 rings (SSSR count). The van der Waals surface area contributed by atoms with Crippen LogP contribution in [-0.2, 0) is 4.79 Å². The molecule has 0 spiro atoms. The van der Waals surface area contributed by atoms with Gasteiger partial charge in [0.05, 0.1) is 12.0 Å². The van der Waals surface area contributed by atoms with Gasteiger partial charge in [0.15, 0.2) is 0 Å². The summed E-state index contributed by atoms with van der Waals surface area (Å²) in [6.45, 7) is 1.67. The summed E-state index contributed by atoms with van der Waals surface area (Å²) in [4.78, 5) is 36.5. The Morgan fingerprint density at radius 1 is 1.10 bits per heavy atom. The average molecular weight is 425 g/mol. The maximum absolute atomic E-state index is 12.7. The highest BCUT2D eigenvalue weighted by atomic mass is 19.4. The monoisotopic (exact) mass is 425 g/mol. The van der Waals surface area contributed by atoms with Crippen LogP contribution in [0.15, 0.2) is 36.5 Å². The molecule has 2 aromatic rings. The summed E-state index contributed by atoms with van der Waals surface area (Å²) >= 11 is 0. The standard InChI is InChI=1S/C20H22F3N5O2.2H2/c21-20(22,23)8-7-17(29)28-11-3-10-27(12-13-28)16-6-1-5-15(26-16)18(30)14-4-2-9-25-19(14)24;;/h1-2,4-6,9H,3,7-8,10-13H2,(H2,24,25);2*1H. The molecule has 0 aromatic carbocycles. The van der Waals surface area contributed by atoms with Crippen LogP contribution in [0, 0.1) is 0 Å². The molecule has 2 N–H and O–H groups in total. The smallest absolute Gasteiger partial charge is 0.383 e. The minimum Gasteiger partial charge on any atom is -0.383 e. The number of rotatable bonds is 5. The predicted molar refractivity (Wildman–Crippen MR) is 109 cm³/mol. The second kappa shape index (κ2) is 9.10. The van der Waals surface area contributed by atoms with E-state index in [2.05, 4.69) is 9.97 Å². The largest absolute Gasteiger partial charge is 0.389 e. The van der Waals surface area contributed by atoms with E-state index in [0.29, 0.717) is 38.4 Å². The van der Waals surface area contributed by atoms with E-state index in [1.54, 1.807) is 30.3 Å². The molecule has 1 fully saturated rings. The first kappa shape index (κ1) is 21.5. The third-order valence-electron chi connectivity index (χ3n) is 4.85. The van der Waals surface area contributed by atoms with E-state index in [9.17, 15) is 22.8 Å². The minimum absolute atomic E-state index is 0. The summed E-state index contributed by atoms with van der Waals surface area (Å²) < 4.78 is 37.1. The fourth-order valence-electron chi connectivity index (χ4n) is 3.28. The van der Waals surface area contributed by atoms with Crippen LogP contribution in [-0.4, -0.2) is 58.9 Å². The SMILES string of the molecule is Nc1ncccc1C(=O)c1cccc(N2CCCN(C(=O)CCC(F)(F)F)CC2)n1.[HH].[HH]. The average Bonchev–Trinajstić information content (AvgIpc) is 2.98. The lowest BCUT2D eigenvalue weighted by molar-refractivity contribution is -0.149. The van der Waals surface area contributed by atoms with Crippen LogP contribution in [0.1, 0.15) is 38.2 Å². The number of aromatic nitrogens is 2. The Balaban J connectivity index is 0.00000256. The van der Waals surface area contributed by atoms with Crippen molar-refractivity contribution in [2.45, 2.75) is 25.4 Å². The van der Waals surface area contributed by atoms with Gasteiger partial charge in [-0.1, -0.05) is 6.07 Å². The summed E-state index contributed by atoms with van der Waals surface area (Å²) in [7, 11) is 0. The highest BCUT2D eigenvalue weighted by Gasteiger charge is 2.29. The van der Waals surface area contributed by atoms with Gasteiger partial charge in [0.25, 0.3) is 0 Å². The number of nitrogen functional groups attached to an aromatic ring is 1. The van der Waals surface area contributed by atoms with Gasteiger partial charge in [0.2, 0.25) is 11.7 Å². The van der Waals surface area contributed by atoms with Gasteiger partial charge < -0.3 is 15.5 Å². The van der Waals surface area contributed by atoms with Crippen molar-refractivity contribution in [1.29, 1.82) is 0 Å². The van der Waals surface area contributed by atoms with Gasteiger partial charge >= 0.3 is 6.18 Å². The summed E-state index contributed by atoms with van der Waals surface area (Å²) in [5, 5.41) is 0. The summed E-state index contributed by atoms with van der Waals surface area (Å²) in [6.07, 6.45) is -3.92. The topological polar surface area (TPSA) is 92.4 Å². The number of carbonyl (C=O) groups excluding carboxylic acids is 2. The molecule has 1 aliphatic heterocycles. The molecule has 0 atom stereocenters. The van der Waals surface area contributed by atoms with Crippen molar-refractivity contribution < 1.29 is 25.6 Å². The summed E-state index contributed by atoms with van der Waals surface area (Å²) in [6, 6.07) is 8.24. The first-order valence-corrected chi connectivity index (χ1v) is 9.56. The first-order valence-electron chi connectivity index (χ1n) is 9.56. The van der Waals surface area contributed by atoms with Gasteiger partial charge in [-0.15, -0.1) is 0 Å². The molecular formula is C20H26F3N5O2. The number of carbonyl (C=O) groups is 2. The molecule has 0 radical (unpaired) electrons. The Hall–Kier alpha value is -3.17. The molecule has 1 amide bonds. The summed E-state index contributed by atoms with van der Waals surface area (Å²) in [5.74, 6) is -0.162. The second-order valence-electron chi connectivity index (χ2n) is 6.98. The van der Waals surface area contributed by atoms with E-state index in [0.717, 1.165) is 0 Å². The Kier molecular flexibility index (Phi) is 6.53. The molecule has 0 aliphatic carbocycles. The van der Waals surface area contributed by atoms with Gasteiger partial charge in [-0.2, -0.15) is 13.2 Å². The van der Waals surface area contributed by atoms with Crippen molar-refractivity contribution in [3.8, 4) is 0 Å². The van der Waals surface area contributed by atoms with Crippen LogP contribution < -0.4 is 10.6 Å². The van der Waals surface area contributed by atoms with Crippen molar-refractivity contribution >= 4 is 23.3 Å². The number of hydrogen-bond donors (Lipinski definition) is 1. The lowest BCUT2D eigenvalue weighted by Gasteiger charge is -2.23. The molecule has 3 heterocycles. The maximum Gasteiger partial charge on any atom is 0.389 e. The van der Waals surface area contributed by atoms with E-state index in [1.165, 1.54) is 11.1 Å². The van der Waals surface area contributed by atoms with Gasteiger partial charge in [0.1, 0.15) is 17.3 Å². The normalized spacial score (nSPS) is 15.0. The van der Waals surface area contributed by atoms with Gasteiger partial charge in [-0.3, -0.25) is 9.59 Å². The zero-order valence-corrected chi connectivity index (χ0v) is 16.2. The van der Waals surface area contributed by atoms with E-state index >= 15 is 0 Å². The van der Waals surface area contributed by atoms with Crippen molar-refractivity contribution in [2.75, 3.05) is 36.8 Å². The lowest BCUT2D eigenvalue weighted by Crippen LogP contribution is -2.35. The molecule has 0 unspecified atom stereocenters. The molecule has 1 saturated heterocycles. The zero-order valence-electron chi connectivity index (χ0n) is 16.2. The summed E-state index contributed by atoms with van der Waals surface area (Å²) in [5.41, 5.74) is 6.26.